The van der Waals surface area contributed by atoms with Crippen LogP contribution in [0.4, 0.5) is 0 Å². The molecule has 106 valence electrons. The average Bonchev–Trinajstić information content (AvgIpc) is 2.19. The fourth-order valence-electron chi connectivity index (χ4n) is 1.37. The first-order chi connectivity index (χ1) is 7.83. The minimum Gasteiger partial charge on any atom is -0.793 e. The van der Waals surface area contributed by atoms with E-state index in [0.29, 0.717) is 18.4 Å². The normalized spacial score (nSPS) is 14.6. The van der Waals surface area contributed by atoms with Gasteiger partial charge in [-0.2, -0.15) is 0 Å². The molecule has 0 radical (unpaired) electrons. The Kier molecular flexibility index (Phi) is 14.9. The zero-order valence-electron chi connectivity index (χ0n) is 12.2. The van der Waals surface area contributed by atoms with E-state index < -0.39 is 5.69 Å². The van der Waals surface area contributed by atoms with Crippen molar-refractivity contribution in [2.75, 3.05) is 12.4 Å². The summed E-state index contributed by atoms with van der Waals surface area (Å²) >= 11 is 6.33. The molecule has 0 aliphatic rings. The molecule has 0 bridgehead atoms. The molecule has 0 aromatic rings. The first-order valence-electron chi connectivity index (χ1n) is 6.43. The van der Waals surface area contributed by atoms with Crippen LogP contribution < -0.4 is 4.89 Å². The van der Waals surface area contributed by atoms with Gasteiger partial charge in [0.1, 0.15) is 0 Å². The minimum absolute atomic E-state index is 0. The predicted octanol–water partition coefficient (Wildman–Crippen LogP) is 4.19. The quantitative estimate of drug-likeness (QED) is 0.331. The fraction of sp³-hybridized carbons (Fsp3) is 1.00. The van der Waals surface area contributed by atoms with Crippen LogP contribution in [-0.2, 0) is 35.8 Å². The molecule has 0 aliphatic heterocycles. The van der Waals surface area contributed by atoms with Crippen molar-refractivity contribution in [1.29, 1.82) is 0 Å². The summed E-state index contributed by atoms with van der Waals surface area (Å²) in [5.41, 5.74) is -2.81. The Hall–Kier alpha value is 1.54. The molecular weight excluding hydrogens is 337 g/mol. The Morgan fingerprint density at radius 2 is 1.61 bits per heavy atom. The van der Waals surface area contributed by atoms with Crippen LogP contribution in [0.15, 0.2) is 0 Å². The summed E-state index contributed by atoms with van der Waals surface area (Å²) in [6.45, 7) is 9.28. The SMILES string of the molecule is CC(C)CCCOP([O-])(=S)SCCCC(C)C.[Zn]. The van der Waals surface area contributed by atoms with Crippen molar-refractivity contribution in [2.45, 2.75) is 53.4 Å². The maximum absolute atomic E-state index is 11.9. The topological polar surface area (TPSA) is 32.3 Å². The van der Waals surface area contributed by atoms with Gasteiger partial charge in [-0.25, -0.2) is 0 Å². The first kappa shape index (κ1) is 21.8. The van der Waals surface area contributed by atoms with Crippen molar-refractivity contribution < 1.29 is 28.9 Å². The summed E-state index contributed by atoms with van der Waals surface area (Å²) in [6.07, 6.45) is 4.28. The van der Waals surface area contributed by atoms with Crippen molar-refractivity contribution >= 4 is 28.9 Å². The zero-order chi connectivity index (χ0) is 13.3. The molecule has 0 aliphatic carbocycles. The van der Waals surface area contributed by atoms with E-state index in [-0.39, 0.29) is 19.5 Å². The molecule has 1 unspecified atom stereocenters. The Morgan fingerprint density at radius 3 is 2.11 bits per heavy atom. The molecule has 1 atom stereocenters. The molecule has 2 nitrogen and oxygen atoms in total. The summed E-state index contributed by atoms with van der Waals surface area (Å²) < 4.78 is 5.32. The number of hydrogen-bond acceptors (Lipinski definition) is 4. The molecule has 0 rings (SSSR count). The third kappa shape index (κ3) is 15.6. The molecule has 0 saturated carbocycles. The van der Waals surface area contributed by atoms with Crippen LogP contribution >= 0.6 is 17.1 Å². The van der Waals surface area contributed by atoms with Crippen molar-refractivity contribution in [3.8, 4) is 0 Å². The zero-order valence-corrected chi connectivity index (χ0v) is 17.7. The second kappa shape index (κ2) is 12.3. The Bertz CT molecular complexity index is 218. The maximum atomic E-state index is 11.9. The van der Waals surface area contributed by atoms with Crippen LogP contribution in [0.25, 0.3) is 0 Å². The van der Waals surface area contributed by atoms with Gasteiger partial charge in [0.2, 0.25) is 0 Å². The van der Waals surface area contributed by atoms with Crippen molar-refractivity contribution in [3.63, 3.8) is 0 Å². The van der Waals surface area contributed by atoms with Crippen LogP contribution in [0.5, 0.6) is 0 Å². The molecular formula is C12H26O2PS2Zn-. The third-order valence-electron chi connectivity index (χ3n) is 2.35. The van der Waals surface area contributed by atoms with Gasteiger partial charge in [0, 0.05) is 25.2 Å². The Morgan fingerprint density at radius 1 is 1.11 bits per heavy atom. The molecule has 0 N–H and O–H groups in total. The van der Waals surface area contributed by atoms with Gasteiger partial charge in [0.05, 0.1) is 6.61 Å². The molecule has 0 spiro atoms. The number of hydrogen-bond donors (Lipinski definition) is 0. The molecule has 0 aromatic carbocycles. The monoisotopic (exact) mass is 361 g/mol. The van der Waals surface area contributed by atoms with E-state index >= 15 is 0 Å². The van der Waals surface area contributed by atoms with E-state index in [1.165, 1.54) is 11.4 Å². The summed E-state index contributed by atoms with van der Waals surface area (Å²) in [5.74, 6) is 2.22. The van der Waals surface area contributed by atoms with Crippen LogP contribution in [0.1, 0.15) is 53.4 Å². The summed E-state index contributed by atoms with van der Waals surface area (Å²) in [7, 11) is 0. The molecule has 18 heavy (non-hydrogen) atoms. The van der Waals surface area contributed by atoms with Gasteiger partial charge >= 0.3 is 0 Å². The molecule has 6 heteroatoms. The van der Waals surface area contributed by atoms with E-state index in [9.17, 15) is 4.89 Å². The average molecular weight is 363 g/mol. The molecule has 0 saturated heterocycles. The van der Waals surface area contributed by atoms with Crippen LogP contribution in [0, 0.1) is 11.8 Å². The molecule has 0 aromatic heterocycles. The van der Waals surface area contributed by atoms with Crippen LogP contribution in [0.2, 0.25) is 0 Å². The number of rotatable bonds is 10. The van der Waals surface area contributed by atoms with Gasteiger partial charge in [0.25, 0.3) is 0 Å². The summed E-state index contributed by atoms with van der Waals surface area (Å²) in [5, 5.41) is 0. The van der Waals surface area contributed by atoms with E-state index in [4.69, 9.17) is 16.3 Å². The predicted molar refractivity (Wildman–Crippen MR) is 80.8 cm³/mol. The summed E-state index contributed by atoms with van der Waals surface area (Å²) in [4.78, 5) is 11.9. The van der Waals surface area contributed by atoms with Gasteiger partial charge in [-0.05, 0) is 36.9 Å². The third-order valence-corrected chi connectivity index (χ3v) is 6.71. The van der Waals surface area contributed by atoms with E-state index in [1.807, 2.05) is 0 Å². The molecule has 0 fully saturated rings. The molecule has 0 heterocycles. The summed E-state index contributed by atoms with van der Waals surface area (Å²) in [6, 6.07) is 0. The van der Waals surface area contributed by atoms with Gasteiger partial charge in [-0.3, -0.25) is 0 Å². The van der Waals surface area contributed by atoms with Gasteiger partial charge < -0.3 is 9.42 Å². The van der Waals surface area contributed by atoms with Crippen LogP contribution in [0.3, 0.4) is 0 Å². The Labute approximate surface area is 135 Å². The van der Waals surface area contributed by atoms with Gasteiger partial charge in [-0.15, -0.1) is 11.4 Å². The minimum atomic E-state index is -2.81. The smallest absolute Gasteiger partial charge is 0.0513 e. The van der Waals surface area contributed by atoms with Crippen molar-refractivity contribution in [3.05, 3.63) is 0 Å². The first-order valence-corrected chi connectivity index (χ1v) is 10.7. The van der Waals surface area contributed by atoms with Crippen molar-refractivity contribution in [1.82, 2.24) is 0 Å². The second-order valence-corrected chi connectivity index (χ2v) is 11.4. The maximum Gasteiger partial charge on any atom is 0.0513 e. The van der Waals surface area contributed by atoms with Gasteiger partial charge in [-0.1, -0.05) is 45.9 Å². The second-order valence-electron chi connectivity index (χ2n) is 5.19. The van der Waals surface area contributed by atoms with E-state index in [1.54, 1.807) is 0 Å². The molecule has 0 amide bonds. The van der Waals surface area contributed by atoms with E-state index in [2.05, 4.69) is 27.7 Å². The van der Waals surface area contributed by atoms with E-state index in [0.717, 1.165) is 31.4 Å². The standard InChI is InChI=1S/C12H27O2PS2.Zn/c1-11(2)7-5-9-14-15(13,16)17-10-6-8-12(3)4;/h11-12H,5-10H2,1-4H3,(H,13,16);/p-1. The van der Waals surface area contributed by atoms with Crippen LogP contribution in [-0.4, -0.2) is 12.4 Å². The van der Waals surface area contributed by atoms with Crippen molar-refractivity contribution in [2.24, 2.45) is 11.8 Å². The largest absolute Gasteiger partial charge is 0.793 e. The Balaban J connectivity index is 0. The fourth-order valence-corrected chi connectivity index (χ4v) is 4.72. The van der Waals surface area contributed by atoms with Gasteiger partial charge in [0.15, 0.2) is 0 Å².